The van der Waals surface area contributed by atoms with Crippen LogP contribution in [0.4, 0.5) is 0 Å². The quantitative estimate of drug-likeness (QED) is 0.0519. The van der Waals surface area contributed by atoms with Gasteiger partial charge in [0.05, 0.1) is 41.2 Å². The van der Waals surface area contributed by atoms with E-state index in [1.807, 2.05) is 0 Å². The van der Waals surface area contributed by atoms with E-state index in [9.17, 15) is 54.0 Å². The molecular formula is C52H59N3O17S. The summed E-state index contributed by atoms with van der Waals surface area (Å²) in [7, 11) is 0. The predicted octanol–water partition coefficient (Wildman–Crippen LogP) is 3.20. The number of ketones is 1. The van der Waals surface area contributed by atoms with Crippen LogP contribution in [0, 0.1) is 16.7 Å². The fourth-order valence-corrected chi connectivity index (χ4v) is 11.7. The molecule has 1 aromatic heterocycles. The minimum atomic E-state index is -2.50. The lowest BCUT2D eigenvalue weighted by atomic mass is 9.44. The van der Waals surface area contributed by atoms with E-state index in [-0.39, 0.29) is 40.9 Å². The largest absolute Gasteiger partial charge is 0.481 e. The number of benzene rings is 2. The van der Waals surface area contributed by atoms with Crippen molar-refractivity contribution in [3.63, 3.8) is 0 Å². The number of aliphatic hydroxyl groups excluding tert-OH is 2. The lowest BCUT2D eigenvalue weighted by molar-refractivity contribution is -0.346. The maximum Gasteiger partial charge on any atom is 0.338 e. The summed E-state index contributed by atoms with van der Waals surface area (Å²) in [6.45, 7) is 7.65. The minimum Gasteiger partial charge on any atom is -0.481 e. The predicted molar refractivity (Wildman–Crippen MR) is 256 cm³/mol. The first-order valence-electron chi connectivity index (χ1n) is 23.6. The number of aliphatic hydroxyl groups is 3. The number of hydrogen-bond donors (Lipinski definition) is 6. The molecule has 3 aliphatic carbocycles. The van der Waals surface area contributed by atoms with Crippen molar-refractivity contribution in [3.8, 4) is 0 Å². The molecular weight excluding hydrogens is 971 g/mol. The number of carbonyl (C=O) groups excluding carboxylic acids is 7. The van der Waals surface area contributed by atoms with Crippen molar-refractivity contribution in [2.24, 2.45) is 16.7 Å². The zero-order chi connectivity index (χ0) is 53.4. The Kier molecular flexibility index (Phi) is 15.7. The normalized spacial score (nSPS) is 29.2. The second kappa shape index (κ2) is 21.1. The second-order valence-corrected chi connectivity index (χ2v) is 20.3. The van der Waals surface area contributed by atoms with Crippen LogP contribution in [0.5, 0.6) is 0 Å². The van der Waals surface area contributed by atoms with Crippen molar-refractivity contribution in [2.45, 2.75) is 132 Å². The third-order valence-electron chi connectivity index (χ3n) is 14.9. The van der Waals surface area contributed by atoms with Gasteiger partial charge in [0, 0.05) is 44.7 Å². The molecule has 3 fully saturated rings. The first-order chi connectivity index (χ1) is 34.4. The van der Waals surface area contributed by atoms with E-state index in [0.717, 1.165) is 25.6 Å². The molecule has 1 saturated heterocycles. The Morgan fingerprint density at radius 2 is 1.56 bits per heavy atom. The number of amides is 2. The lowest BCUT2D eigenvalue weighted by Gasteiger charge is -2.67. The van der Waals surface area contributed by atoms with Crippen LogP contribution in [0.3, 0.4) is 0 Å². The second-order valence-electron chi connectivity index (χ2n) is 19.5. The van der Waals surface area contributed by atoms with Gasteiger partial charge in [-0.3, -0.25) is 28.8 Å². The SMILES string of the molecule is CSc1ncccc1C(=O)N[C@H](CCC(=O)O)C(=O)N[C@@H](c1ccccc1)[C@@H](O)C(=O)O[C@H]1C[C@@]2(O)[C@@H](OC(=O)c3ccccc3)[C@@H]3[C@]4(OC(C)=O)CO[C@@H]4C[C@H](O)[C@@]3(C)C(=O)[C@H](OC(C)=O)C(=C1C)C2(C)C. The smallest absolute Gasteiger partial charge is 0.338 e. The van der Waals surface area contributed by atoms with Crippen LogP contribution in [0.15, 0.2) is 95.2 Å². The standard InChI is InChI=1S/C52H59N3O17S/c1-26-33(70-48(66)39(61)38(29-15-10-8-11-16-29)55-45(64)32(20-21-36(59)60)54-44(63)31-19-14-22-53-46(31)73-7)24-52(67)43(71-47(65)30-17-12-9-13-18-30)41-50(6,34(58)23-35-51(41,25-68-35)72-28(3)57)42(62)40(69-27(2)56)37(26)49(52,4)5/h8-19,22,32-35,38-41,43,58,61,67H,20-21,23-25H2,1-7H3,(H,54,63)(H,55,64)(H,59,60)/t32-,33+,34+,35-,38+,39-,40-,41+,43+,50-,51+,52-/m1/s1. The zero-order valence-corrected chi connectivity index (χ0v) is 42.0. The highest BCUT2D eigenvalue weighted by Crippen LogP contribution is 2.64. The first kappa shape index (κ1) is 54.3. The molecule has 2 heterocycles. The molecule has 0 unspecified atom stereocenters. The highest BCUT2D eigenvalue weighted by Gasteiger charge is 2.78. The monoisotopic (exact) mass is 1030 g/mol. The molecule has 4 aliphatic rings. The van der Waals surface area contributed by atoms with Gasteiger partial charge in [-0.2, -0.15) is 0 Å². The van der Waals surface area contributed by atoms with E-state index in [4.69, 9.17) is 23.7 Å². The zero-order valence-electron chi connectivity index (χ0n) is 41.2. The molecule has 0 radical (unpaired) electrons. The summed E-state index contributed by atoms with van der Waals surface area (Å²) in [5, 5.41) is 53.1. The average Bonchev–Trinajstić information content (AvgIpc) is 3.35. The first-order valence-corrected chi connectivity index (χ1v) is 24.8. The van der Waals surface area contributed by atoms with Crippen molar-refractivity contribution in [2.75, 3.05) is 12.9 Å². The van der Waals surface area contributed by atoms with Crippen molar-refractivity contribution in [1.82, 2.24) is 15.6 Å². The number of nitrogens with one attached hydrogen (secondary N) is 2. The summed E-state index contributed by atoms with van der Waals surface area (Å²) in [5.41, 5.74) is -7.94. The van der Waals surface area contributed by atoms with Crippen molar-refractivity contribution >= 4 is 59.2 Å². The molecule has 1 aliphatic heterocycles. The van der Waals surface area contributed by atoms with Gasteiger partial charge >= 0.3 is 29.8 Å². The number of esters is 4. The van der Waals surface area contributed by atoms with E-state index in [0.29, 0.717) is 5.03 Å². The van der Waals surface area contributed by atoms with Crippen molar-refractivity contribution < 1.29 is 82.5 Å². The molecule has 2 bridgehead atoms. The van der Waals surface area contributed by atoms with Gasteiger partial charge in [0.25, 0.3) is 5.91 Å². The van der Waals surface area contributed by atoms with Crippen molar-refractivity contribution in [3.05, 3.63) is 107 Å². The number of carboxylic acids is 1. The topological polar surface area (TPSA) is 301 Å². The number of carbonyl (C=O) groups is 8. The Bertz CT molecular complexity index is 2700. The third kappa shape index (κ3) is 9.99. The van der Waals surface area contributed by atoms with Crippen LogP contribution in [0.2, 0.25) is 0 Å². The maximum atomic E-state index is 15.6. The highest BCUT2D eigenvalue weighted by atomic mass is 32.2. The van der Waals surface area contributed by atoms with Crippen molar-refractivity contribution in [1.29, 1.82) is 0 Å². The number of ether oxygens (including phenoxy) is 5. The summed E-state index contributed by atoms with van der Waals surface area (Å²) in [6, 6.07) is 15.2. The van der Waals surface area contributed by atoms with E-state index in [1.54, 1.807) is 42.7 Å². The van der Waals surface area contributed by atoms with Crippen LogP contribution in [-0.4, -0.2) is 140 Å². The average molecular weight is 1030 g/mol. The van der Waals surface area contributed by atoms with E-state index >= 15 is 4.79 Å². The van der Waals surface area contributed by atoms with Gasteiger partial charge in [-0.1, -0.05) is 62.4 Å². The van der Waals surface area contributed by atoms with Crippen LogP contribution in [-0.2, 0) is 52.5 Å². The Hall–Kier alpha value is -6.52. The van der Waals surface area contributed by atoms with E-state index < -0.39 is 143 Å². The molecule has 0 spiro atoms. The fourth-order valence-electron chi connectivity index (χ4n) is 11.1. The van der Waals surface area contributed by atoms with Gasteiger partial charge in [0.2, 0.25) is 5.91 Å². The number of aliphatic carboxylic acids is 1. The number of hydrogen-bond acceptors (Lipinski definition) is 18. The number of rotatable bonds is 16. The number of thioether (sulfide) groups is 1. The molecule has 2 amide bonds. The molecule has 2 saturated carbocycles. The molecule has 2 aromatic carbocycles. The Balaban J connectivity index is 1.32. The number of fused-ring (bicyclic) bond motifs is 5. The van der Waals surface area contributed by atoms with Gasteiger partial charge < -0.3 is 54.7 Å². The molecule has 21 heteroatoms. The number of pyridine rings is 1. The minimum absolute atomic E-state index is 0.0190. The number of Topliss-reactive ketones (excluding diaryl/α,β-unsaturated/α-hetero) is 1. The highest BCUT2D eigenvalue weighted by molar-refractivity contribution is 7.98. The summed E-state index contributed by atoms with van der Waals surface area (Å²) in [5.74, 6) is -9.72. The molecule has 73 heavy (non-hydrogen) atoms. The van der Waals surface area contributed by atoms with Gasteiger partial charge in [-0.25, -0.2) is 14.6 Å². The summed E-state index contributed by atoms with van der Waals surface area (Å²) in [4.78, 5) is 115. The molecule has 12 atom stereocenters. The van der Waals surface area contributed by atoms with E-state index in [1.165, 1.54) is 70.3 Å². The van der Waals surface area contributed by atoms with Crippen LogP contribution >= 0.6 is 11.8 Å². The molecule has 6 N–H and O–H groups in total. The Labute approximate surface area is 424 Å². The molecule has 390 valence electrons. The van der Waals surface area contributed by atoms with Gasteiger partial charge in [-0.05, 0) is 67.5 Å². The van der Waals surface area contributed by atoms with Gasteiger partial charge in [-0.15, -0.1) is 11.8 Å². The van der Waals surface area contributed by atoms with Crippen LogP contribution in [0.25, 0.3) is 0 Å². The summed E-state index contributed by atoms with van der Waals surface area (Å²) in [6.07, 6.45) is -9.15. The number of nitrogens with zero attached hydrogens (tertiary/aromatic N) is 1. The Morgan fingerprint density at radius 3 is 2.15 bits per heavy atom. The number of aromatic nitrogens is 1. The van der Waals surface area contributed by atoms with Gasteiger partial charge in [0.1, 0.15) is 35.0 Å². The van der Waals surface area contributed by atoms with Crippen LogP contribution in [0.1, 0.15) is 99.5 Å². The number of carboxylic acid groups (broad SMARTS) is 1. The van der Waals surface area contributed by atoms with E-state index in [2.05, 4.69) is 15.6 Å². The fraction of sp³-hybridized carbons (Fsp3) is 0.481. The maximum absolute atomic E-state index is 15.6. The third-order valence-corrected chi connectivity index (χ3v) is 15.6. The van der Waals surface area contributed by atoms with Gasteiger partial charge in [0.15, 0.2) is 23.6 Å². The summed E-state index contributed by atoms with van der Waals surface area (Å²) < 4.78 is 30.3. The summed E-state index contributed by atoms with van der Waals surface area (Å²) >= 11 is 1.16. The molecule has 20 nitrogen and oxygen atoms in total. The Morgan fingerprint density at radius 1 is 0.904 bits per heavy atom. The van der Waals surface area contributed by atoms with Crippen LogP contribution < -0.4 is 10.6 Å². The lowest BCUT2D eigenvalue weighted by Crippen LogP contribution is -2.82. The molecule has 7 rings (SSSR count). The molecule has 3 aromatic rings.